The summed E-state index contributed by atoms with van der Waals surface area (Å²) in [5.74, 6) is 0.586. The third-order valence-corrected chi connectivity index (χ3v) is 3.48. The molecule has 128 valence electrons. The van der Waals surface area contributed by atoms with E-state index < -0.39 is 23.8 Å². The molecule has 2 aromatic rings. The van der Waals surface area contributed by atoms with Crippen molar-refractivity contribution in [3.8, 4) is 11.5 Å². The molecule has 0 saturated carbocycles. The van der Waals surface area contributed by atoms with E-state index in [0.29, 0.717) is 30.4 Å². The van der Waals surface area contributed by atoms with Crippen molar-refractivity contribution in [1.29, 1.82) is 0 Å². The van der Waals surface area contributed by atoms with Crippen LogP contribution in [-0.2, 0) is 11.0 Å². The highest BCUT2D eigenvalue weighted by Crippen LogP contribution is 2.33. The van der Waals surface area contributed by atoms with Crippen molar-refractivity contribution in [3.63, 3.8) is 0 Å². The number of fused-ring (bicyclic) bond motifs is 1. The molecule has 1 aromatic carbocycles. The third kappa shape index (κ3) is 3.29. The number of nitrogens with one attached hydrogen (secondary N) is 1. The summed E-state index contributed by atoms with van der Waals surface area (Å²) in [6, 6.07) is 4.80. The average Bonchev–Trinajstić information content (AvgIpc) is 3.04. The molecule has 1 amide bonds. The lowest BCUT2D eigenvalue weighted by Gasteiger charge is -2.19. The second-order valence-corrected chi connectivity index (χ2v) is 5.20. The zero-order valence-corrected chi connectivity index (χ0v) is 12.6. The topological polar surface area (TPSA) is 65.4 Å². The maximum atomic E-state index is 12.6. The predicted octanol–water partition coefficient (Wildman–Crippen LogP) is 2.87. The van der Waals surface area contributed by atoms with Gasteiger partial charge in [-0.2, -0.15) is 18.3 Å². The number of amides is 1. The van der Waals surface area contributed by atoms with Crippen LogP contribution in [0.4, 0.5) is 18.9 Å². The van der Waals surface area contributed by atoms with Crippen molar-refractivity contribution in [2.24, 2.45) is 0 Å². The van der Waals surface area contributed by atoms with Crippen LogP contribution in [0.15, 0.2) is 30.5 Å². The molecule has 1 atom stereocenters. The Morgan fingerprint density at radius 2 is 1.96 bits per heavy atom. The number of aromatic nitrogens is 2. The number of halogens is 3. The second kappa shape index (κ2) is 6.06. The van der Waals surface area contributed by atoms with E-state index in [1.54, 1.807) is 18.2 Å². The van der Waals surface area contributed by atoms with Gasteiger partial charge in [0.05, 0.1) is 0 Å². The molecule has 1 aromatic heterocycles. The highest BCUT2D eigenvalue weighted by atomic mass is 19.4. The van der Waals surface area contributed by atoms with E-state index in [2.05, 4.69) is 10.4 Å². The van der Waals surface area contributed by atoms with Gasteiger partial charge in [0.15, 0.2) is 17.2 Å². The number of nitrogens with zero attached hydrogens (tertiary/aromatic N) is 2. The molecule has 0 unspecified atom stereocenters. The van der Waals surface area contributed by atoms with Crippen LogP contribution in [-0.4, -0.2) is 28.9 Å². The standard InChI is InChI=1S/C15H14F3N3O3/c1-9(21-5-4-13(20-21)15(16,17)18)14(22)19-10-2-3-11-12(8-10)24-7-6-23-11/h2-5,8-9H,6-7H2,1H3,(H,19,22)/t9-/m1/s1. The Morgan fingerprint density at radius 1 is 1.25 bits per heavy atom. The summed E-state index contributed by atoms with van der Waals surface area (Å²) in [5.41, 5.74) is -0.583. The van der Waals surface area contributed by atoms with Gasteiger partial charge in [-0.05, 0) is 25.1 Å². The van der Waals surface area contributed by atoms with Gasteiger partial charge in [-0.1, -0.05) is 0 Å². The number of carbonyl (C=O) groups is 1. The number of carbonyl (C=O) groups excluding carboxylic acids is 1. The molecular weight excluding hydrogens is 327 g/mol. The maximum absolute atomic E-state index is 12.6. The summed E-state index contributed by atoms with van der Waals surface area (Å²) < 4.78 is 49.5. The number of anilines is 1. The fourth-order valence-electron chi connectivity index (χ4n) is 2.19. The summed E-state index contributed by atoms with van der Waals surface area (Å²) in [4.78, 5) is 12.2. The molecule has 0 radical (unpaired) electrons. The smallest absolute Gasteiger partial charge is 0.435 e. The molecule has 1 aliphatic heterocycles. The summed E-state index contributed by atoms with van der Waals surface area (Å²) in [6.07, 6.45) is -3.42. The minimum absolute atomic E-state index is 0.411. The lowest BCUT2D eigenvalue weighted by Crippen LogP contribution is -2.24. The van der Waals surface area contributed by atoms with Crippen molar-refractivity contribution < 1.29 is 27.4 Å². The first kappa shape index (κ1) is 16.2. The Morgan fingerprint density at radius 3 is 2.62 bits per heavy atom. The molecule has 1 N–H and O–H groups in total. The monoisotopic (exact) mass is 341 g/mol. The lowest BCUT2D eigenvalue weighted by atomic mass is 10.2. The molecular formula is C15H14F3N3O3. The fraction of sp³-hybridized carbons (Fsp3) is 0.333. The molecule has 0 aliphatic carbocycles. The maximum Gasteiger partial charge on any atom is 0.435 e. The lowest BCUT2D eigenvalue weighted by molar-refractivity contribution is -0.141. The van der Waals surface area contributed by atoms with E-state index in [1.807, 2.05) is 0 Å². The molecule has 0 bridgehead atoms. The van der Waals surface area contributed by atoms with Crippen LogP contribution in [0.5, 0.6) is 11.5 Å². The molecule has 3 rings (SSSR count). The Labute approximate surface area is 135 Å². The molecule has 0 spiro atoms. The van der Waals surface area contributed by atoms with Crippen molar-refractivity contribution in [3.05, 3.63) is 36.2 Å². The van der Waals surface area contributed by atoms with Crippen LogP contribution in [0.1, 0.15) is 18.7 Å². The molecule has 24 heavy (non-hydrogen) atoms. The van der Waals surface area contributed by atoms with Gasteiger partial charge in [0.25, 0.3) is 0 Å². The Bertz CT molecular complexity index is 758. The van der Waals surface area contributed by atoms with Gasteiger partial charge in [0.1, 0.15) is 19.3 Å². The number of benzene rings is 1. The molecule has 2 heterocycles. The molecule has 1 aliphatic rings. The first-order valence-corrected chi connectivity index (χ1v) is 7.17. The van der Waals surface area contributed by atoms with E-state index in [1.165, 1.54) is 6.92 Å². The van der Waals surface area contributed by atoms with Gasteiger partial charge < -0.3 is 14.8 Å². The van der Waals surface area contributed by atoms with Gasteiger partial charge in [-0.3, -0.25) is 9.48 Å². The summed E-state index contributed by atoms with van der Waals surface area (Å²) >= 11 is 0. The fourth-order valence-corrected chi connectivity index (χ4v) is 2.19. The Kier molecular flexibility index (Phi) is 4.08. The Hall–Kier alpha value is -2.71. The number of hydrogen-bond acceptors (Lipinski definition) is 4. The van der Waals surface area contributed by atoms with Gasteiger partial charge in [-0.15, -0.1) is 0 Å². The van der Waals surface area contributed by atoms with Crippen LogP contribution in [0.25, 0.3) is 0 Å². The van der Waals surface area contributed by atoms with Gasteiger partial charge in [0, 0.05) is 18.0 Å². The number of rotatable bonds is 3. The van der Waals surface area contributed by atoms with E-state index in [9.17, 15) is 18.0 Å². The van der Waals surface area contributed by atoms with E-state index >= 15 is 0 Å². The third-order valence-electron chi connectivity index (χ3n) is 3.48. The van der Waals surface area contributed by atoms with E-state index in [0.717, 1.165) is 16.9 Å². The van der Waals surface area contributed by atoms with Crippen molar-refractivity contribution in [2.75, 3.05) is 18.5 Å². The second-order valence-electron chi connectivity index (χ2n) is 5.20. The van der Waals surface area contributed by atoms with Crippen LogP contribution in [0, 0.1) is 0 Å². The van der Waals surface area contributed by atoms with E-state index in [4.69, 9.17) is 9.47 Å². The minimum atomic E-state index is -4.54. The van der Waals surface area contributed by atoms with Crippen molar-refractivity contribution in [2.45, 2.75) is 19.1 Å². The highest BCUT2D eigenvalue weighted by Gasteiger charge is 2.34. The number of hydrogen-bond donors (Lipinski definition) is 1. The SMILES string of the molecule is C[C@H](C(=O)Nc1ccc2c(c1)OCCO2)n1ccc(C(F)(F)F)n1. The molecule has 0 fully saturated rings. The minimum Gasteiger partial charge on any atom is -0.486 e. The first-order valence-electron chi connectivity index (χ1n) is 7.17. The first-order chi connectivity index (χ1) is 11.3. The summed E-state index contributed by atoms with van der Waals surface area (Å²) in [5, 5.41) is 6.02. The summed E-state index contributed by atoms with van der Waals surface area (Å²) in [7, 11) is 0. The van der Waals surface area contributed by atoms with Crippen LogP contribution in [0.3, 0.4) is 0 Å². The van der Waals surface area contributed by atoms with Crippen molar-refractivity contribution >= 4 is 11.6 Å². The summed E-state index contributed by atoms with van der Waals surface area (Å²) in [6.45, 7) is 2.32. The van der Waals surface area contributed by atoms with Crippen LogP contribution < -0.4 is 14.8 Å². The highest BCUT2D eigenvalue weighted by molar-refractivity contribution is 5.93. The largest absolute Gasteiger partial charge is 0.486 e. The Balaban J connectivity index is 1.71. The van der Waals surface area contributed by atoms with Gasteiger partial charge >= 0.3 is 6.18 Å². The molecule has 0 saturated heterocycles. The van der Waals surface area contributed by atoms with Gasteiger partial charge in [-0.25, -0.2) is 0 Å². The van der Waals surface area contributed by atoms with Crippen LogP contribution >= 0.6 is 0 Å². The average molecular weight is 341 g/mol. The van der Waals surface area contributed by atoms with Crippen LogP contribution in [0.2, 0.25) is 0 Å². The zero-order valence-electron chi connectivity index (χ0n) is 12.6. The van der Waals surface area contributed by atoms with Crippen molar-refractivity contribution in [1.82, 2.24) is 9.78 Å². The number of alkyl halides is 3. The normalized spacial score (nSPS) is 15.0. The van der Waals surface area contributed by atoms with E-state index in [-0.39, 0.29) is 0 Å². The molecule has 6 nitrogen and oxygen atoms in total. The predicted molar refractivity (Wildman–Crippen MR) is 78.0 cm³/mol. The zero-order chi connectivity index (χ0) is 17.3. The molecule has 9 heteroatoms. The number of ether oxygens (including phenoxy) is 2. The quantitative estimate of drug-likeness (QED) is 0.932. The van der Waals surface area contributed by atoms with Gasteiger partial charge in [0.2, 0.25) is 5.91 Å².